The minimum Gasteiger partial charge on any atom is -0.299 e. The molecule has 0 heterocycles. The fraction of sp³-hybridized carbons (Fsp3) is 0.750. The Labute approximate surface area is 91.0 Å². The third-order valence-electron chi connectivity index (χ3n) is 2.90. The second kappa shape index (κ2) is 5.79. The van der Waals surface area contributed by atoms with Crippen LogP contribution < -0.4 is 0 Å². The van der Waals surface area contributed by atoms with Crippen LogP contribution in [0.4, 0.5) is 0 Å². The highest BCUT2D eigenvalue weighted by Crippen LogP contribution is 2.20. The Kier molecular flexibility index (Phi) is 4.66. The highest BCUT2D eigenvalue weighted by atomic mass is 16.1. The number of hydrogen-bond donors (Lipinski definition) is 0. The molecule has 0 spiro atoms. The Morgan fingerprint density at radius 2 is 1.67 bits per heavy atom. The van der Waals surface area contributed by atoms with E-state index in [9.17, 15) is 9.59 Å². The first-order chi connectivity index (χ1) is 7.11. The zero-order valence-corrected chi connectivity index (χ0v) is 9.53. The predicted molar refractivity (Wildman–Crippen MR) is 60.2 cm³/mol. The van der Waals surface area contributed by atoms with E-state index in [0.29, 0.717) is 6.04 Å². The van der Waals surface area contributed by atoms with E-state index in [4.69, 9.17) is 0 Å². The van der Waals surface area contributed by atoms with Crippen LogP contribution in [0.1, 0.15) is 46.0 Å². The van der Waals surface area contributed by atoms with Crippen molar-refractivity contribution in [1.82, 2.24) is 0 Å². The molecule has 1 fully saturated rings. The van der Waals surface area contributed by atoms with Crippen LogP contribution in [0.25, 0.3) is 0 Å². The maximum absolute atomic E-state index is 11.1. The maximum Gasteiger partial charge on any atom is 0.145 e. The van der Waals surface area contributed by atoms with Gasteiger partial charge in [0, 0.05) is 12.3 Å². The lowest BCUT2D eigenvalue weighted by atomic mass is 9.95. The summed E-state index contributed by atoms with van der Waals surface area (Å²) in [6, 6.07) is 0.333. The Bertz CT molecular complexity index is 251. The highest BCUT2D eigenvalue weighted by molar-refractivity contribution is 6.12. The first-order valence-corrected chi connectivity index (χ1v) is 5.65. The van der Waals surface area contributed by atoms with Crippen molar-refractivity contribution >= 4 is 17.8 Å². The van der Waals surface area contributed by atoms with E-state index in [2.05, 4.69) is 4.99 Å². The van der Waals surface area contributed by atoms with Gasteiger partial charge >= 0.3 is 0 Å². The number of aliphatic imine (C=N–C) groups is 1. The first kappa shape index (κ1) is 12.1. The Morgan fingerprint density at radius 3 is 2.13 bits per heavy atom. The molecule has 0 unspecified atom stereocenters. The molecule has 0 bridgehead atoms. The summed E-state index contributed by atoms with van der Waals surface area (Å²) in [6.45, 7) is 2.89. The van der Waals surface area contributed by atoms with Crippen LogP contribution in [0.2, 0.25) is 0 Å². The first-order valence-electron chi connectivity index (χ1n) is 5.65. The summed E-state index contributed by atoms with van der Waals surface area (Å²) in [6.07, 6.45) is 7.47. The van der Waals surface area contributed by atoms with E-state index in [-0.39, 0.29) is 11.6 Å². The number of rotatable bonds is 4. The molecule has 0 atom stereocenters. The minimum atomic E-state index is -0.619. The van der Waals surface area contributed by atoms with Crippen molar-refractivity contribution in [1.29, 1.82) is 0 Å². The summed E-state index contributed by atoms with van der Waals surface area (Å²) in [5, 5.41) is 0. The van der Waals surface area contributed by atoms with Crippen molar-refractivity contribution in [3.63, 3.8) is 0 Å². The highest BCUT2D eigenvalue weighted by Gasteiger charge is 2.18. The summed E-state index contributed by atoms with van der Waals surface area (Å²) in [4.78, 5) is 26.7. The van der Waals surface area contributed by atoms with Crippen LogP contribution in [-0.4, -0.2) is 23.8 Å². The summed E-state index contributed by atoms with van der Waals surface area (Å²) < 4.78 is 0. The Balaban J connectivity index is 2.52. The summed E-state index contributed by atoms with van der Waals surface area (Å²) in [5.74, 6) is -0.837. The summed E-state index contributed by atoms with van der Waals surface area (Å²) in [7, 11) is 0. The molecule has 1 aliphatic rings. The quantitative estimate of drug-likeness (QED) is 0.526. The fourth-order valence-corrected chi connectivity index (χ4v) is 1.93. The number of Topliss-reactive ketones (excluding diaryl/α,β-unsaturated/α-hetero) is 2. The Hall–Kier alpha value is -0.990. The molecule has 3 nitrogen and oxygen atoms in total. The maximum atomic E-state index is 11.1. The van der Waals surface area contributed by atoms with Gasteiger partial charge in [-0.1, -0.05) is 19.3 Å². The number of carbonyl (C=O) groups excluding carboxylic acids is 2. The lowest BCUT2D eigenvalue weighted by Gasteiger charge is -2.17. The van der Waals surface area contributed by atoms with Gasteiger partial charge in [-0.2, -0.15) is 0 Å². The van der Waals surface area contributed by atoms with E-state index in [1.807, 2.05) is 0 Å². The van der Waals surface area contributed by atoms with Gasteiger partial charge in [0.15, 0.2) is 0 Å². The van der Waals surface area contributed by atoms with Gasteiger partial charge in [0.25, 0.3) is 0 Å². The molecular weight excluding hydrogens is 190 g/mol. The van der Waals surface area contributed by atoms with Crippen LogP contribution in [0.15, 0.2) is 4.99 Å². The van der Waals surface area contributed by atoms with Gasteiger partial charge in [0.05, 0.1) is 0 Å². The lowest BCUT2D eigenvalue weighted by Crippen LogP contribution is -2.22. The molecule has 0 N–H and O–H groups in total. The van der Waals surface area contributed by atoms with Crippen molar-refractivity contribution in [2.75, 3.05) is 0 Å². The van der Waals surface area contributed by atoms with E-state index in [1.165, 1.54) is 33.1 Å². The van der Waals surface area contributed by atoms with Gasteiger partial charge in [-0.05, 0) is 26.7 Å². The van der Waals surface area contributed by atoms with Crippen molar-refractivity contribution in [3.05, 3.63) is 0 Å². The molecule has 0 radical (unpaired) electrons. The van der Waals surface area contributed by atoms with E-state index >= 15 is 0 Å². The van der Waals surface area contributed by atoms with Gasteiger partial charge in [0.2, 0.25) is 0 Å². The van der Waals surface area contributed by atoms with Crippen molar-refractivity contribution in [3.8, 4) is 0 Å². The lowest BCUT2D eigenvalue weighted by molar-refractivity contribution is -0.127. The average Bonchev–Trinajstić information content (AvgIpc) is 2.18. The number of ketones is 2. The SMILES string of the molecule is CC(=O)C(C=NC1CCCCC1)C(C)=O. The summed E-state index contributed by atoms with van der Waals surface area (Å²) in [5.41, 5.74) is 0. The van der Waals surface area contributed by atoms with Crippen LogP contribution in [0, 0.1) is 5.92 Å². The third-order valence-corrected chi connectivity index (χ3v) is 2.90. The molecule has 15 heavy (non-hydrogen) atoms. The normalized spacial score (nSPS) is 18.6. The third kappa shape index (κ3) is 3.94. The van der Waals surface area contributed by atoms with Crippen molar-refractivity contribution in [2.45, 2.75) is 52.0 Å². The molecule has 0 amide bonds. The summed E-state index contributed by atoms with van der Waals surface area (Å²) >= 11 is 0. The van der Waals surface area contributed by atoms with Crippen LogP contribution >= 0.6 is 0 Å². The van der Waals surface area contributed by atoms with E-state index in [0.717, 1.165) is 12.8 Å². The number of nitrogens with zero attached hydrogens (tertiary/aromatic N) is 1. The topological polar surface area (TPSA) is 46.5 Å². The van der Waals surface area contributed by atoms with Crippen LogP contribution in [0.3, 0.4) is 0 Å². The van der Waals surface area contributed by atoms with Crippen LogP contribution in [0.5, 0.6) is 0 Å². The molecule has 1 aliphatic carbocycles. The number of hydrogen-bond acceptors (Lipinski definition) is 3. The van der Waals surface area contributed by atoms with Crippen LogP contribution in [-0.2, 0) is 9.59 Å². The molecule has 84 valence electrons. The molecule has 0 aromatic rings. The van der Waals surface area contributed by atoms with Gasteiger partial charge in [-0.25, -0.2) is 0 Å². The number of carbonyl (C=O) groups is 2. The molecule has 0 saturated heterocycles. The van der Waals surface area contributed by atoms with Gasteiger partial charge in [0.1, 0.15) is 17.5 Å². The zero-order chi connectivity index (χ0) is 11.3. The fourth-order valence-electron chi connectivity index (χ4n) is 1.93. The van der Waals surface area contributed by atoms with Gasteiger partial charge in [-0.3, -0.25) is 14.6 Å². The smallest absolute Gasteiger partial charge is 0.145 e. The van der Waals surface area contributed by atoms with E-state index in [1.54, 1.807) is 6.21 Å². The molecule has 0 aromatic heterocycles. The molecular formula is C12H19NO2. The standard InChI is InChI=1S/C12H19NO2/c1-9(14)12(10(2)15)8-13-11-6-4-3-5-7-11/h8,11-12H,3-7H2,1-2H3. The average molecular weight is 209 g/mol. The molecule has 1 saturated carbocycles. The minimum absolute atomic E-state index is 0.109. The van der Waals surface area contributed by atoms with Crippen molar-refractivity contribution in [2.24, 2.45) is 10.9 Å². The largest absolute Gasteiger partial charge is 0.299 e. The predicted octanol–water partition coefficient (Wildman–Crippen LogP) is 2.18. The molecule has 0 aliphatic heterocycles. The second-order valence-corrected chi connectivity index (χ2v) is 4.29. The van der Waals surface area contributed by atoms with Gasteiger partial charge < -0.3 is 0 Å². The second-order valence-electron chi connectivity index (χ2n) is 4.29. The van der Waals surface area contributed by atoms with E-state index < -0.39 is 5.92 Å². The molecule has 3 heteroatoms. The molecule has 1 rings (SSSR count). The van der Waals surface area contributed by atoms with Crippen molar-refractivity contribution < 1.29 is 9.59 Å². The zero-order valence-electron chi connectivity index (χ0n) is 9.53. The monoisotopic (exact) mass is 209 g/mol. The van der Waals surface area contributed by atoms with Gasteiger partial charge in [-0.15, -0.1) is 0 Å². The molecule has 0 aromatic carbocycles. The Morgan fingerprint density at radius 1 is 1.13 bits per heavy atom.